The molecule has 0 N–H and O–H groups in total. The van der Waals surface area contributed by atoms with Crippen molar-refractivity contribution in [1.82, 2.24) is 0 Å². The number of hydrogen-bond acceptors (Lipinski definition) is 6. The minimum absolute atomic E-state index is 0.151. The molecule has 0 aliphatic carbocycles. The lowest BCUT2D eigenvalue weighted by atomic mass is 9.88. The van der Waals surface area contributed by atoms with Gasteiger partial charge in [0, 0.05) is 23.1 Å². The Labute approximate surface area is 168 Å². The number of benzene rings is 3. The van der Waals surface area contributed by atoms with E-state index in [1.807, 2.05) is 6.07 Å². The predicted molar refractivity (Wildman–Crippen MR) is 109 cm³/mol. The van der Waals surface area contributed by atoms with Crippen LogP contribution >= 0.6 is 0 Å². The molecule has 0 saturated carbocycles. The molecule has 3 aromatic rings. The van der Waals surface area contributed by atoms with Crippen LogP contribution in [-0.4, -0.2) is 34.2 Å². The van der Waals surface area contributed by atoms with Gasteiger partial charge in [-0.3, -0.25) is 0 Å². The number of methoxy groups -OCH3 is 2. The van der Waals surface area contributed by atoms with Gasteiger partial charge in [-0.2, -0.15) is 0 Å². The molecule has 3 heterocycles. The Morgan fingerprint density at radius 3 is 2.55 bits per heavy atom. The Morgan fingerprint density at radius 1 is 0.931 bits per heavy atom. The maximum absolute atomic E-state index is 6.25. The fraction of sp³-hybridized carbons (Fsp3) is 0.304. The highest BCUT2D eigenvalue weighted by Crippen LogP contribution is 2.53. The summed E-state index contributed by atoms with van der Waals surface area (Å²) in [6.07, 6.45) is 0.835. The summed E-state index contributed by atoms with van der Waals surface area (Å²) in [6.45, 7) is 1.93. The molecule has 3 aliphatic heterocycles. The van der Waals surface area contributed by atoms with E-state index in [4.69, 9.17) is 23.7 Å². The van der Waals surface area contributed by atoms with E-state index in [0.717, 1.165) is 58.5 Å². The van der Waals surface area contributed by atoms with Crippen LogP contribution in [0.2, 0.25) is 0 Å². The summed E-state index contributed by atoms with van der Waals surface area (Å²) in [5.74, 6) is 3.02. The highest BCUT2D eigenvalue weighted by Gasteiger charge is 2.36. The van der Waals surface area contributed by atoms with Crippen LogP contribution in [0.25, 0.3) is 21.9 Å². The van der Waals surface area contributed by atoms with Gasteiger partial charge in [0.1, 0.15) is 0 Å². The van der Waals surface area contributed by atoms with Crippen molar-refractivity contribution in [2.75, 3.05) is 39.1 Å². The summed E-state index contributed by atoms with van der Waals surface area (Å²) >= 11 is 0. The minimum Gasteiger partial charge on any atom is -0.493 e. The first-order valence-corrected chi connectivity index (χ1v) is 9.79. The van der Waals surface area contributed by atoms with E-state index in [0.29, 0.717) is 11.5 Å². The van der Waals surface area contributed by atoms with Crippen molar-refractivity contribution in [1.29, 1.82) is 0 Å². The van der Waals surface area contributed by atoms with Crippen molar-refractivity contribution in [2.24, 2.45) is 0 Å². The van der Waals surface area contributed by atoms with E-state index < -0.39 is 0 Å². The topological polar surface area (TPSA) is 49.4 Å². The van der Waals surface area contributed by atoms with Crippen molar-refractivity contribution in [3.63, 3.8) is 0 Å². The summed E-state index contributed by atoms with van der Waals surface area (Å²) in [7, 11) is 3.33. The van der Waals surface area contributed by atoms with Gasteiger partial charge < -0.3 is 28.6 Å². The lowest BCUT2D eigenvalue weighted by molar-refractivity contribution is 0.0242. The highest BCUT2D eigenvalue weighted by atomic mass is 16.7. The fourth-order valence-corrected chi connectivity index (χ4v) is 4.68. The van der Waals surface area contributed by atoms with Crippen LogP contribution in [0.15, 0.2) is 36.4 Å². The van der Waals surface area contributed by atoms with Crippen LogP contribution in [0.3, 0.4) is 0 Å². The summed E-state index contributed by atoms with van der Waals surface area (Å²) < 4.78 is 28.6. The minimum atomic E-state index is -0.151. The van der Waals surface area contributed by atoms with Crippen molar-refractivity contribution in [3.05, 3.63) is 42.0 Å². The summed E-state index contributed by atoms with van der Waals surface area (Å²) in [6, 6.07) is 12.6. The van der Waals surface area contributed by atoms with E-state index in [9.17, 15) is 0 Å². The van der Waals surface area contributed by atoms with Crippen LogP contribution in [0.5, 0.6) is 23.0 Å². The molecular weight excluding hydrogens is 370 g/mol. The first-order valence-electron chi connectivity index (χ1n) is 9.79. The number of fused-ring (bicyclic) bond motifs is 9. The maximum Gasteiger partial charge on any atom is 0.231 e. The summed E-state index contributed by atoms with van der Waals surface area (Å²) in [5.41, 5.74) is 4.55. The molecule has 6 nitrogen and oxygen atoms in total. The molecule has 6 rings (SSSR count). The highest BCUT2D eigenvalue weighted by molar-refractivity contribution is 6.05. The summed E-state index contributed by atoms with van der Waals surface area (Å²) in [5, 5.41) is 2.27. The summed E-state index contributed by atoms with van der Waals surface area (Å²) in [4.78, 5) is 2.36. The lowest BCUT2D eigenvalue weighted by Gasteiger charge is -2.43. The van der Waals surface area contributed by atoms with Crippen molar-refractivity contribution in [2.45, 2.75) is 12.6 Å². The van der Waals surface area contributed by atoms with Crippen molar-refractivity contribution >= 4 is 16.5 Å². The number of rotatable bonds is 2. The third kappa shape index (κ3) is 2.32. The molecule has 3 aromatic carbocycles. The van der Waals surface area contributed by atoms with Crippen molar-refractivity contribution < 1.29 is 23.7 Å². The van der Waals surface area contributed by atoms with E-state index in [2.05, 4.69) is 35.2 Å². The predicted octanol–water partition coefficient (Wildman–Crippen LogP) is 4.49. The molecule has 1 saturated heterocycles. The number of hydrogen-bond donors (Lipinski definition) is 0. The van der Waals surface area contributed by atoms with Gasteiger partial charge in [-0.05, 0) is 41.6 Å². The normalized spacial score (nSPS) is 18.8. The molecule has 1 atom stereocenters. The SMILES string of the molecule is COc1cc2c(cc1OC)C1OCCCN1c1c-2ccc2cc3c(cc12)OCO3. The second-order valence-electron chi connectivity index (χ2n) is 7.45. The molecule has 0 amide bonds. The number of nitrogens with zero attached hydrogens (tertiary/aromatic N) is 1. The van der Waals surface area contributed by atoms with Crippen LogP contribution < -0.4 is 23.8 Å². The molecule has 0 radical (unpaired) electrons. The third-order valence-corrected chi connectivity index (χ3v) is 5.99. The standard InChI is InChI=1S/C23H21NO5/c1-25-18-10-16-14-5-4-13-8-20-21(29-12-28-20)9-15(13)22(14)24-6-3-7-27-23(24)17(16)11-19(18)26-2/h4-5,8-11,23H,3,6-7,12H2,1-2H3. The molecule has 3 aliphatic rings. The Bertz CT molecular complexity index is 1140. The van der Waals surface area contributed by atoms with Gasteiger partial charge in [0.25, 0.3) is 0 Å². The van der Waals surface area contributed by atoms with Crippen LogP contribution in [0, 0.1) is 0 Å². The smallest absolute Gasteiger partial charge is 0.231 e. The molecule has 148 valence electrons. The van der Waals surface area contributed by atoms with Gasteiger partial charge in [0.2, 0.25) is 6.79 Å². The molecule has 0 aromatic heterocycles. The van der Waals surface area contributed by atoms with Gasteiger partial charge in [-0.25, -0.2) is 0 Å². The Balaban J connectivity index is 1.67. The first-order chi connectivity index (χ1) is 14.3. The fourth-order valence-electron chi connectivity index (χ4n) is 4.68. The molecule has 6 heteroatoms. The molecular formula is C23H21NO5. The van der Waals surface area contributed by atoms with Crippen molar-refractivity contribution in [3.8, 4) is 34.1 Å². The van der Waals surface area contributed by atoms with E-state index in [-0.39, 0.29) is 13.0 Å². The van der Waals surface area contributed by atoms with Gasteiger partial charge in [-0.1, -0.05) is 12.1 Å². The van der Waals surface area contributed by atoms with Gasteiger partial charge in [-0.15, -0.1) is 0 Å². The Kier molecular flexibility index (Phi) is 3.59. The Morgan fingerprint density at radius 2 is 1.72 bits per heavy atom. The number of anilines is 1. The maximum atomic E-state index is 6.25. The molecule has 1 fully saturated rings. The quantitative estimate of drug-likeness (QED) is 0.642. The molecule has 29 heavy (non-hydrogen) atoms. The second kappa shape index (κ2) is 6.19. The zero-order chi connectivity index (χ0) is 19.5. The zero-order valence-electron chi connectivity index (χ0n) is 16.4. The van der Waals surface area contributed by atoms with Crippen LogP contribution in [0.1, 0.15) is 18.2 Å². The largest absolute Gasteiger partial charge is 0.493 e. The van der Waals surface area contributed by atoms with Gasteiger partial charge in [0.05, 0.1) is 26.5 Å². The van der Waals surface area contributed by atoms with Crippen LogP contribution in [0.4, 0.5) is 5.69 Å². The van der Waals surface area contributed by atoms with Crippen LogP contribution in [-0.2, 0) is 4.74 Å². The monoisotopic (exact) mass is 391 g/mol. The molecule has 1 unspecified atom stereocenters. The van der Waals surface area contributed by atoms with Gasteiger partial charge >= 0.3 is 0 Å². The molecule has 0 spiro atoms. The Hall–Kier alpha value is -3.12. The van der Waals surface area contributed by atoms with E-state index in [1.54, 1.807) is 14.2 Å². The third-order valence-electron chi connectivity index (χ3n) is 5.99. The number of ether oxygens (including phenoxy) is 5. The second-order valence-corrected chi connectivity index (χ2v) is 7.45. The lowest BCUT2D eigenvalue weighted by Crippen LogP contribution is -2.39. The zero-order valence-corrected chi connectivity index (χ0v) is 16.4. The van der Waals surface area contributed by atoms with E-state index in [1.165, 1.54) is 5.69 Å². The van der Waals surface area contributed by atoms with Gasteiger partial charge in [0.15, 0.2) is 29.2 Å². The van der Waals surface area contributed by atoms with E-state index >= 15 is 0 Å². The average molecular weight is 391 g/mol. The first kappa shape index (κ1) is 16.8. The average Bonchev–Trinajstić information content (AvgIpc) is 3.23. The molecule has 0 bridgehead atoms.